The molecule has 0 saturated heterocycles. The maximum Gasteiger partial charge on any atom is 0.146 e. The molecular weight excluding hydrogens is 281 g/mol. The van der Waals surface area contributed by atoms with Crippen molar-refractivity contribution in [1.82, 2.24) is 4.98 Å². The number of fused-ring (bicyclic) bond motifs is 1. The van der Waals surface area contributed by atoms with E-state index in [0.29, 0.717) is 21.7 Å². The van der Waals surface area contributed by atoms with Gasteiger partial charge >= 0.3 is 0 Å². The van der Waals surface area contributed by atoms with Gasteiger partial charge in [-0.1, -0.05) is 47.5 Å². The van der Waals surface area contributed by atoms with Gasteiger partial charge in [0.15, 0.2) is 0 Å². The molecule has 0 saturated carbocycles. The van der Waals surface area contributed by atoms with E-state index in [0.717, 1.165) is 10.8 Å². The quantitative estimate of drug-likeness (QED) is 0.595. The lowest BCUT2D eigenvalue weighted by molar-refractivity contribution is 0.488. The zero-order valence-electron chi connectivity index (χ0n) is 9.81. The van der Waals surface area contributed by atoms with E-state index >= 15 is 0 Å². The number of rotatable bonds is 2. The van der Waals surface area contributed by atoms with E-state index in [4.69, 9.17) is 27.9 Å². The van der Waals surface area contributed by atoms with Crippen molar-refractivity contribution in [2.75, 3.05) is 0 Å². The largest absolute Gasteiger partial charge is 0.455 e. The van der Waals surface area contributed by atoms with Crippen LogP contribution in [0.4, 0.5) is 0 Å². The van der Waals surface area contributed by atoms with E-state index in [2.05, 4.69) is 4.98 Å². The maximum atomic E-state index is 6.14. The lowest BCUT2D eigenvalue weighted by Gasteiger charge is -2.10. The summed E-state index contributed by atoms with van der Waals surface area (Å²) >= 11 is 12.2. The predicted octanol–water partition coefficient (Wildman–Crippen LogP) is 5.33. The lowest BCUT2D eigenvalue weighted by Crippen LogP contribution is -1.88. The smallest absolute Gasteiger partial charge is 0.146 e. The van der Waals surface area contributed by atoms with Gasteiger partial charge in [0.05, 0.1) is 10.4 Å². The zero-order chi connectivity index (χ0) is 13.2. The van der Waals surface area contributed by atoms with Gasteiger partial charge in [-0.3, -0.25) is 0 Å². The molecule has 2 aromatic carbocycles. The van der Waals surface area contributed by atoms with E-state index in [1.54, 1.807) is 12.3 Å². The van der Waals surface area contributed by atoms with E-state index in [1.807, 2.05) is 42.5 Å². The highest BCUT2D eigenvalue weighted by Gasteiger charge is 2.09. The SMILES string of the molecule is Clc1ccccc1Oc1cccc2ccnc(Cl)c12. The first kappa shape index (κ1) is 12.3. The molecule has 0 unspecified atom stereocenters. The van der Waals surface area contributed by atoms with Crippen molar-refractivity contribution < 1.29 is 4.74 Å². The summed E-state index contributed by atoms with van der Waals surface area (Å²) in [5.41, 5.74) is 0. The Bertz CT molecular complexity index is 738. The summed E-state index contributed by atoms with van der Waals surface area (Å²) in [6.07, 6.45) is 1.67. The fraction of sp³-hybridized carbons (Fsp3) is 0. The van der Waals surface area contributed by atoms with Crippen molar-refractivity contribution in [3.05, 3.63) is 64.9 Å². The van der Waals surface area contributed by atoms with Gasteiger partial charge in [-0.2, -0.15) is 0 Å². The molecule has 0 aliphatic heterocycles. The Morgan fingerprint density at radius 3 is 2.47 bits per heavy atom. The monoisotopic (exact) mass is 289 g/mol. The summed E-state index contributed by atoms with van der Waals surface area (Å²) in [6.45, 7) is 0. The van der Waals surface area contributed by atoms with Crippen LogP contribution in [-0.4, -0.2) is 4.98 Å². The van der Waals surface area contributed by atoms with Gasteiger partial charge in [0.1, 0.15) is 16.7 Å². The van der Waals surface area contributed by atoms with Crippen LogP contribution < -0.4 is 4.74 Å². The minimum Gasteiger partial charge on any atom is -0.455 e. The molecule has 1 aromatic heterocycles. The molecule has 0 atom stereocenters. The van der Waals surface area contributed by atoms with Crippen molar-refractivity contribution in [2.24, 2.45) is 0 Å². The van der Waals surface area contributed by atoms with Crippen LogP contribution in [0.3, 0.4) is 0 Å². The van der Waals surface area contributed by atoms with Crippen LogP contribution in [-0.2, 0) is 0 Å². The number of hydrogen-bond acceptors (Lipinski definition) is 2. The first-order valence-electron chi connectivity index (χ1n) is 5.71. The van der Waals surface area contributed by atoms with Crippen LogP contribution in [0.25, 0.3) is 10.8 Å². The van der Waals surface area contributed by atoms with Gasteiger partial charge in [0.2, 0.25) is 0 Å². The topological polar surface area (TPSA) is 22.1 Å². The van der Waals surface area contributed by atoms with Crippen molar-refractivity contribution in [2.45, 2.75) is 0 Å². The van der Waals surface area contributed by atoms with Gasteiger partial charge in [0.25, 0.3) is 0 Å². The standard InChI is InChI=1S/C15H9Cl2NO/c16-11-5-1-2-6-12(11)19-13-7-3-4-10-8-9-18-15(17)14(10)13/h1-9H. The van der Waals surface area contributed by atoms with E-state index in [-0.39, 0.29) is 0 Å². The molecule has 0 aliphatic carbocycles. The second-order valence-corrected chi connectivity index (χ2v) is 4.75. The van der Waals surface area contributed by atoms with E-state index in [9.17, 15) is 0 Å². The highest BCUT2D eigenvalue weighted by molar-refractivity contribution is 6.35. The fourth-order valence-corrected chi connectivity index (χ4v) is 2.32. The number of ether oxygens (including phenoxy) is 1. The number of para-hydroxylation sites is 1. The number of hydrogen-bond donors (Lipinski definition) is 0. The molecule has 0 amide bonds. The molecule has 2 nitrogen and oxygen atoms in total. The molecule has 94 valence electrons. The molecule has 0 bridgehead atoms. The van der Waals surface area contributed by atoms with Crippen LogP contribution >= 0.6 is 23.2 Å². The van der Waals surface area contributed by atoms with Crippen LogP contribution in [0.5, 0.6) is 11.5 Å². The Labute approximate surface area is 120 Å². The van der Waals surface area contributed by atoms with Crippen LogP contribution in [0.15, 0.2) is 54.7 Å². The summed E-state index contributed by atoms with van der Waals surface area (Å²) in [7, 11) is 0. The lowest BCUT2D eigenvalue weighted by atomic mass is 10.1. The highest BCUT2D eigenvalue weighted by atomic mass is 35.5. The molecule has 4 heteroatoms. The number of benzene rings is 2. The number of nitrogens with zero attached hydrogens (tertiary/aromatic N) is 1. The highest BCUT2D eigenvalue weighted by Crippen LogP contribution is 2.35. The van der Waals surface area contributed by atoms with Gasteiger partial charge in [-0.15, -0.1) is 0 Å². The molecule has 1 heterocycles. The van der Waals surface area contributed by atoms with Crippen molar-refractivity contribution in [3.8, 4) is 11.5 Å². The Balaban J connectivity index is 2.14. The molecule has 3 rings (SSSR count). The fourth-order valence-electron chi connectivity index (χ4n) is 1.89. The second-order valence-electron chi connectivity index (χ2n) is 3.99. The third kappa shape index (κ3) is 2.37. The molecule has 0 radical (unpaired) electrons. The summed E-state index contributed by atoms with van der Waals surface area (Å²) in [5.74, 6) is 1.24. The van der Waals surface area contributed by atoms with Gasteiger partial charge in [0, 0.05) is 6.20 Å². The average Bonchev–Trinajstić information content (AvgIpc) is 2.42. The Hall–Kier alpha value is -1.77. The van der Waals surface area contributed by atoms with Gasteiger partial charge in [-0.25, -0.2) is 4.98 Å². The minimum absolute atomic E-state index is 0.417. The minimum atomic E-state index is 0.417. The number of aromatic nitrogens is 1. The summed E-state index contributed by atoms with van der Waals surface area (Å²) < 4.78 is 5.85. The Kier molecular flexibility index (Phi) is 3.28. The van der Waals surface area contributed by atoms with Crippen molar-refractivity contribution in [3.63, 3.8) is 0 Å². The van der Waals surface area contributed by atoms with Crippen LogP contribution in [0.2, 0.25) is 10.2 Å². The average molecular weight is 290 g/mol. The molecule has 0 spiro atoms. The summed E-state index contributed by atoms with van der Waals surface area (Å²) in [5, 5.41) is 2.73. The summed E-state index contributed by atoms with van der Waals surface area (Å²) in [6, 6.07) is 14.9. The van der Waals surface area contributed by atoms with Gasteiger partial charge < -0.3 is 4.74 Å². The summed E-state index contributed by atoms with van der Waals surface area (Å²) in [4.78, 5) is 4.08. The molecule has 0 N–H and O–H groups in total. The first-order valence-corrected chi connectivity index (χ1v) is 6.47. The Morgan fingerprint density at radius 2 is 1.63 bits per heavy atom. The molecule has 19 heavy (non-hydrogen) atoms. The number of halogens is 2. The molecular formula is C15H9Cl2NO. The number of pyridine rings is 1. The third-order valence-corrected chi connectivity index (χ3v) is 3.36. The van der Waals surface area contributed by atoms with E-state index < -0.39 is 0 Å². The van der Waals surface area contributed by atoms with E-state index in [1.165, 1.54) is 0 Å². The first-order chi connectivity index (χ1) is 9.25. The molecule has 0 aliphatic rings. The normalized spacial score (nSPS) is 10.6. The molecule has 0 fully saturated rings. The second kappa shape index (κ2) is 5.08. The van der Waals surface area contributed by atoms with Crippen molar-refractivity contribution >= 4 is 34.0 Å². The predicted molar refractivity (Wildman–Crippen MR) is 78.3 cm³/mol. The maximum absolute atomic E-state index is 6.14. The third-order valence-electron chi connectivity index (χ3n) is 2.76. The zero-order valence-corrected chi connectivity index (χ0v) is 11.3. The van der Waals surface area contributed by atoms with Crippen molar-refractivity contribution in [1.29, 1.82) is 0 Å². The Morgan fingerprint density at radius 1 is 0.842 bits per heavy atom. The van der Waals surface area contributed by atoms with Crippen LogP contribution in [0.1, 0.15) is 0 Å². The molecule has 3 aromatic rings. The van der Waals surface area contributed by atoms with Gasteiger partial charge in [-0.05, 0) is 29.7 Å². The van der Waals surface area contributed by atoms with Crippen LogP contribution in [0, 0.1) is 0 Å².